The molecule has 0 saturated heterocycles. The molecule has 2 aromatic rings. The molecule has 2 heteroatoms. The Morgan fingerprint density at radius 2 is 1.43 bits per heavy atom. The summed E-state index contributed by atoms with van der Waals surface area (Å²) in [5.41, 5.74) is 1.09. The van der Waals surface area contributed by atoms with Gasteiger partial charge in [0.25, 0.3) is 0 Å². The van der Waals surface area contributed by atoms with Gasteiger partial charge >= 0.3 is 0 Å². The van der Waals surface area contributed by atoms with E-state index in [0.29, 0.717) is 0 Å². The maximum Gasteiger partial charge on any atom is 0.193 e. The fraction of sp³-hybridized carbons (Fsp3) is 0.474. The monoisotopic (exact) mass is 300 g/mol. The summed E-state index contributed by atoms with van der Waals surface area (Å²) in [6, 6.07) is 18.7. The van der Waals surface area contributed by atoms with Crippen molar-refractivity contribution in [2.45, 2.75) is 58.4 Å². The Balaban J connectivity index is 2.46. The van der Waals surface area contributed by atoms with Crippen molar-refractivity contribution in [3.63, 3.8) is 0 Å². The Hall–Kier alpha value is -1.12. The molecule has 0 radical (unpaired) electrons. The van der Waals surface area contributed by atoms with Crippen LogP contribution in [0.5, 0.6) is 0 Å². The van der Waals surface area contributed by atoms with Gasteiger partial charge in [0.1, 0.15) is 0 Å². The standard InChI is InChI=1S/C19H28OSi/c1-6-21(7-2,8-3)20-19(4,5)18-15-11-13-16-12-9-10-14-17(16)18/h9-15H,6-8H2,1-5H3. The highest BCUT2D eigenvalue weighted by Crippen LogP contribution is 2.37. The van der Waals surface area contributed by atoms with Crippen LogP contribution >= 0.6 is 0 Å². The van der Waals surface area contributed by atoms with Gasteiger partial charge in [-0.15, -0.1) is 0 Å². The topological polar surface area (TPSA) is 9.23 Å². The maximum absolute atomic E-state index is 6.81. The summed E-state index contributed by atoms with van der Waals surface area (Å²) in [5, 5.41) is 2.61. The summed E-state index contributed by atoms with van der Waals surface area (Å²) in [6.45, 7) is 11.3. The highest BCUT2D eigenvalue weighted by Gasteiger charge is 2.36. The van der Waals surface area contributed by atoms with Gasteiger partial charge in [-0.3, -0.25) is 0 Å². The minimum absolute atomic E-state index is 0.227. The summed E-state index contributed by atoms with van der Waals surface area (Å²) < 4.78 is 6.81. The third kappa shape index (κ3) is 3.22. The van der Waals surface area contributed by atoms with Crippen LogP contribution in [-0.2, 0) is 10.0 Å². The zero-order valence-electron chi connectivity index (χ0n) is 14.1. The molecule has 0 N–H and O–H groups in total. The van der Waals surface area contributed by atoms with Crippen LogP contribution in [-0.4, -0.2) is 8.32 Å². The summed E-state index contributed by atoms with van der Waals surface area (Å²) in [6.07, 6.45) is 0. The lowest BCUT2D eigenvalue weighted by Gasteiger charge is -2.39. The molecule has 0 aliphatic carbocycles. The van der Waals surface area contributed by atoms with E-state index in [1.165, 1.54) is 34.5 Å². The van der Waals surface area contributed by atoms with Crippen molar-refractivity contribution in [2.75, 3.05) is 0 Å². The first-order valence-corrected chi connectivity index (χ1v) is 10.7. The minimum Gasteiger partial charge on any atom is -0.408 e. The van der Waals surface area contributed by atoms with Crippen LogP contribution in [0.25, 0.3) is 10.8 Å². The fourth-order valence-electron chi connectivity index (χ4n) is 3.31. The van der Waals surface area contributed by atoms with E-state index in [1.54, 1.807) is 0 Å². The number of hydrogen-bond acceptors (Lipinski definition) is 1. The molecule has 21 heavy (non-hydrogen) atoms. The Morgan fingerprint density at radius 3 is 2.05 bits per heavy atom. The number of fused-ring (bicyclic) bond motifs is 1. The van der Waals surface area contributed by atoms with Gasteiger partial charge in [-0.2, -0.15) is 0 Å². The van der Waals surface area contributed by atoms with E-state index in [0.717, 1.165) is 0 Å². The second-order valence-corrected chi connectivity index (χ2v) is 11.1. The Morgan fingerprint density at radius 1 is 0.857 bits per heavy atom. The molecule has 0 heterocycles. The second-order valence-electron chi connectivity index (χ2n) is 6.38. The van der Waals surface area contributed by atoms with Gasteiger partial charge in [0.05, 0.1) is 5.60 Å². The van der Waals surface area contributed by atoms with E-state index in [-0.39, 0.29) is 5.60 Å². The predicted molar refractivity (Wildman–Crippen MR) is 95.3 cm³/mol. The summed E-state index contributed by atoms with van der Waals surface area (Å²) in [4.78, 5) is 0. The lowest BCUT2D eigenvalue weighted by Crippen LogP contribution is -2.43. The second kappa shape index (κ2) is 6.33. The molecule has 0 aliphatic rings. The maximum atomic E-state index is 6.81. The van der Waals surface area contributed by atoms with Crippen molar-refractivity contribution >= 4 is 19.1 Å². The van der Waals surface area contributed by atoms with Gasteiger partial charge in [0.15, 0.2) is 8.32 Å². The van der Waals surface area contributed by atoms with E-state index in [1.807, 2.05) is 0 Å². The molecule has 0 amide bonds. The SMILES string of the molecule is CC[Si](CC)(CC)OC(C)(C)c1cccc2ccccc12. The number of benzene rings is 2. The first-order chi connectivity index (χ1) is 9.98. The summed E-state index contributed by atoms with van der Waals surface area (Å²) in [5.74, 6) is 0. The van der Waals surface area contributed by atoms with Crippen molar-refractivity contribution in [2.24, 2.45) is 0 Å². The molecule has 2 aromatic carbocycles. The van der Waals surface area contributed by atoms with Gasteiger partial charge in [-0.25, -0.2) is 0 Å². The van der Waals surface area contributed by atoms with Crippen LogP contribution in [0.2, 0.25) is 18.1 Å². The van der Waals surface area contributed by atoms with Crippen molar-refractivity contribution in [1.29, 1.82) is 0 Å². The van der Waals surface area contributed by atoms with Crippen molar-refractivity contribution in [3.05, 3.63) is 48.0 Å². The fourth-order valence-corrected chi connectivity index (χ4v) is 6.44. The molecule has 0 bridgehead atoms. The highest BCUT2D eigenvalue weighted by atomic mass is 28.4. The van der Waals surface area contributed by atoms with Crippen LogP contribution in [0.3, 0.4) is 0 Å². The third-order valence-corrected chi connectivity index (χ3v) is 9.65. The first-order valence-electron chi connectivity index (χ1n) is 8.16. The first kappa shape index (κ1) is 16.3. The van der Waals surface area contributed by atoms with Crippen LogP contribution in [0.15, 0.2) is 42.5 Å². The van der Waals surface area contributed by atoms with E-state index < -0.39 is 8.32 Å². The van der Waals surface area contributed by atoms with Crippen LogP contribution in [0.4, 0.5) is 0 Å². The minimum atomic E-state index is -1.62. The smallest absolute Gasteiger partial charge is 0.193 e. The largest absolute Gasteiger partial charge is 0.408 e. The van der Waals surface area contributed by atoms with Crippen molar-refractivity contribution in [1.82, 2.24) is 0 Å². The lowest BCUT2D eigenvalue weighted by atomic mass is 9.93. The van der Waals surface area contributed by atoms with Crippen molar-refractivity contribution < 1.29 is 4.43 Å². The molecule has 0 aliphatic heterocycles. The highest BCUT2D eigenvalue weighted by molar-refractivity contribution is 6.73. The normalized spacial score (nSPS) is 12.8. The molecule has 0 spiro atoms. The molecular weight excluding hydrogens is 272 g/mol. The van der Waals surface area contributed by atoms with Crippen LogP contribution < -0.4 is 0 Å². The molecule has 0 saturated carbocycles. The van der Waals surface area contributed by atoms with Crippen molar-refractivity contribution in [3.8, 4) is 0 Å². The zero-order valence-corrected chi connectivity index (χ0v) is 15.1. The van der Waals surface area contributed by atoms with Gasteiger partial charge in [0.2, 0.25) is 0 Å². The zero-order chi connectivity index (χ0) is 15.5. The third-order valence-electron chi connectivity index (χ3n) is 4.84. The van der Waals surface area contributed by atoms with E-state index in [9.17, 15) is 0 Å². The molecule has 0 atom stereocenters. The van der Waals surface area contributed by atoms with Gasteiger partial charge < -0.3 is 4.43 Å². The predicted octanol–water partition coefficient (Wildman–Crippen LogP) is 6.10. The average Bonchev–Trinajstić information content (AvgIpc) is 2.52. The Labute approximate surface area is 130 Å². The van der Waals surface area contributed by atoms with Gasteiger partial charge in [-0.05, 0) is 48.3 Å². The van der Waals surface area contributed by atoms with E-state index in [4.69, 9.17) is 4.43 Å². The molecule has 0 fully saturated rings. The molecule has 1 nitrogen and oxygen atoms in total. The molecule has 0 unspecified atom stereocenters. The molecule has 2 rings (SSSR count). The molecule has 114 valence electrons. The van der Waals surface area contributed by atoms with Gasteiger partial charge in [0, 0.05) is 0 Å². The molecular formula is C19H28OSi. The number of rotatable bonds is 6. The number of hydrogen-bond donors (Lipinski definition) is 0. The van der Waals surface area contributed by atoms with Crippen LogP contribution in [0.1, 0.15) is 40.2 Å². The van der Waals surface area contributed by atoms with E-state index >= 15 is 0 Å². The van der Waals surface area contributed by atoms with Gasteiger partial charge in [-0.1, -0.05) is 63.2 Å². The average molecular weight is 301 g/mol. The van der Waals surface area contributed by atoms with Crippen LogP contribution in [0, 0.1) is 0 Å². The molecule has 0 aromatic heterocycles. The summed E-state index contributed by atoms with van der Waals surface area (Å²) in [7, 11) is -1.62. The Bertz CT molecular complexity index is 586. The van der Waals surface area contributed by atoms with E-state index in [2.05, 4.69) is 77.1 Å². The quantitative estimate of drug-likeness (QED) is 0.586. The lowest BCUT2D eigenvalue weighted by molar-refractivity contribution is 0.0956. The summed E-state index contributed by atoms with van der Waals surface area (Å²) >= 11 is 0. The Kier molecular flexibility index (Phi) is 4.90.